The Morgan fingerprint density at radius 2 is 1.74 bits per heavy atom. The summed E-state index contributed by atoms with van der Waals surface area (Å²) >= 11 is 1.40. The lowest BCUT2D eigenvalue weighted by molar-refractivity contribution is -0.131. The van der Waals surface area contributed by atoms with Crippen LogP contribution >= 0.6 is 11.8 Å². The van der Waals surface area contributed by atoms with Gasteiger partial charge in [-0.05, 0) is 69.7 Å². The fraction of sp³-hybridized carbons (Fsp3) is 0.515. The number of rotatable bonds is 14. The summed E-state index contributed by atoms with van der Waals surface area (Å²) in [5.41, 5.74) is 1.40. The first kappa shape index (κ1) is 34.5. The molecule has 0 aliphatic carbocycles. The Bertz CT molecular complexity index is 1400. The summed E-state index contributed by atoms with van der Waals surface area (Å²) in [5.74, 6) is -1.03. The molecule has 1 atom stereocenters. The molecule has 8 nitrogen and oxygen atoms in total. The van der Waals surface area contributed by atoms with Crippen LogP contribution in [0.2, 0.25) is 0 Å². The number of ether oxygens (including phenoxy) is 1. The van der Waals surface area contributed by atoms with Gasteiger partial charge in [0, 0.05) is 35.3 Å². The van der Waals surface area contributed by atoms with E-state index in [0.717, 1.165) is 56.6 Å². The van der Waals surface area contributed by atoms with Gasteiger partial charge >= 0.3 is 5.97 Å². The summed E-state index contributed by atoms with van der Waals surface area (Å²) in [7, 11) is -3.84. The number of hydrogen-bond donors (Lipinski definition) is 2. The SMILES string of the molecule is CCCCC1(CCCC)CN(c2ccc(C(=O)NC(C)C)cc2)c2cc(SC)c(O/C=C/C(=O)O)cc2S(=O)(=O)C1CC. The first-order valence-corrected chi connectivity index (χ1v) is 17.9. The van der Waals surface area contributed by atoms with E-state index in [2.05, 4.69) is 24.1 Å². The molecule has 2 aromatic rings. The van der Waals surface area contributed by atoms with Crippen LogP contribution in [-0.2, 0) is 14.6 Å². The molecule has 0 radical (unpaired) electrons. The molecule has 0 bridgehead atoms. The first-order chi connectivity index (χ1) is 20.4. The molecular weight excluding hydrogens is 585 g/mol. The molecule has 1 unspecified atom stereocenters. The third kappa shape index (κ3) is 7.95. The van der Waals surface area contributed by atoms with Crippen molar-refractivity contribution in [2.45, 2.75) is 101 Å². The highest BCUT2D eigenvalue weighted by Crippen LogP contribution is 2.51. The van der Waals surface area contributed by atoms with Crippen molar-refractivity contribution >= 4 is 44.9 Å². The number of unbranched alkanes of at least 4 members (excludes halogenated alkanes) is 2. The molecular formula is C33H46N2O6S2. The van der Waals surface area contributed by atoms with Crippen LogP contribution in [0.1, 0.15) is 89.9 Å². The first-order valence-electron chi connectivity index (χ1n) is 15.1. The number of thioether (sulfide) groups is 1. The van der Waals surface area contributed by atoms with Gasteiger partial charge in [0.1, 0.15) is 5.75 Å². The van der Waals surface area contributed by atoms with Crippen LogP contribution in [0.3, 0.4) is 0 Å². The number of fused-ring (bicyclic) bond motifs is 1. The maximum Gasteiger partial charge on any atom is 0.331 e. The molecule has 0 saturated carbocycles. The number of amides is 1. The van der Waals surface area contributed by atoms with Crippen molar-refractivity contribution < 1.29 is 27.9 Å². The Morgan fingerprint density at radius 3 is 2.26 bits per heavy atom. The third-order valence-electron chi connectivity index (χ3n) is 8.07. The van der Waals surface area contributed by atoms with Crippen molar-refractivity contribution in [3.05, 3.63) is 54.3 Å². The average molecular weight is 631 g/mol. The van der Waals surface area contributed by atoms with Gasteiger partial charge in [0.25, 0.3) is 5.91 Å². The van der Waals surface area contributed by atoms with E-state index in [1.807, 2.05) is 45.2 Å². The summed E-state index contributed by atoms with van der Waals surface area (Å²) in [6.07, 6.45) is 9.59. The molecule has 1 aliphatic rings. The van der Waals surface area contributed by atoms with Crippen molar-refractivity contribution in [1.82, 2.24) is 5.32 Å². The lowest BCUT2D eigenvalue weighted by atomic mass is 9.73. The zero-order valence-corrected chi connectivity index (χ0v) is 27.8. The van der Waals surface area contributed by atoms with Crippen LogP contribution in [0.15, 0.2) is 58.5 Å². The molecule has 43 heavy (non-hydrogen) atoms. The summed E-state index contributed by atoms with van der Waals surface area (Å²) < 4.78 is 35.1. The number of nitrogens with zero attached hydrogens (tertiary/aromatic N) is 1. The number of anilines is 2. The van der Waals surface area contributed by atoms with Gasteiger partial charge < -0.3 is 20.1 Å². The van der Waals surface area contributed by atoms with Crippen molar-refractivity contribution in [2.75, 3.05) is 17.7 Å². The molecule has 1 heterocycles. The number of sulfone groups is 1. The highest BCUT2D eigenvalue weighted by molar-refractivity contribution is 7.98. The largest absolute Gasteiger partial charge is 0.478 e. The number of carboxylic acid groups (broad SMARTS) is 1. The standard InChI is InChI=1S/C33H46N2O6S2/c1-7-10-17-33(18-11-8-2)22-35(25-14-12-24(13-15-25)32(38)34-23(4)5)26-20-28(42-6)27(41-19-16-31(36)37)21-29(26)43(39,40)30(33)9-3/h12-16,19-21,23,30H,7-11,17-18,22H2,1-6H3,(H,34,38)(H,36,37)/b19-16+. The maximum atomic E-state index is 14.7. The zero-order chi connectivity index (χ0) is 31.8. The van der Waals surface area contributed by atoms with E-state index in [4.69, 9.17) is 9.84 Å². The normalized spacial score (nSPS) is 17.5. The van der Waals surface area contributed by atoms with Crippen LogP contribution in [-0.4, -0.2) is 49.5 Å². The van der Waals surface area contributed by atoms with Gasteiger partial charge in [-0.2, -0.15) is 0 Å². The zero-order valence-electron chi connectivity index (χ0n) is 26.2. The topological polar surface area (TPSA) is 113 Å². The number of nitrogens with one attached hydrogen (secondary N) is 1. The van der Waals surface area contributed by atoms with E-state index in [1.54, 1.807) is 18.2 Å². The lowest BCUT2D eigenvalue weighted by Gasteiger charge is -2.42. The van der Waals surface area contributed by atoms with Crippen molar-refractivity contribution in [3.63, 3.8) is 0 Å². The number of benzene rings is 2. The molecule has 2 aromatic carbocycles. The predicted molar refractivity (Wildman–Crippen MR) is 174 cm³/mol. The summed E-state index contributed by atoms with van der Waals surface area (Å²) in [5, 5.41) is 11.4. The Hall–Kier alpha value is -2.98. The Balaban J connectivity index is 2.31. The third-order valence-corrected chi connectivity index (χ3v) is 11.3. The number of hydrogen-bond acceptors (Lipinski definition) is 7. The van der Waals surface area contributed by atoms with Crippen molar-refractivity contribution in [2.24, 2.45) is 5.41 Å². The number of aliphatic carboxylic acids is 1. The summed E-state index contributed by atoms with van der Waals surface area (Å²) in [6, 6.07) is 10.7. The van der Waals surface area contributed by atoms with Crippen LogP contribution in [0.25, 0.3) is 0 Å². The van der Waals surface area contributed by atoms with Crippen LogP contribution in [0.5, 0.6) is 5.75 Å². The molecule has 1 aliphatic heterocycles. The van der Waals surface area contributed by atoms with E-state index in [9.17, 15) is 18.0 Å². The molecule has 236 valence electrons. The van der Waals surface area contributed by atoms with Crippen LogP contribution < -0.4 is 15.0 Å². The van der Waals surface area contributed by atoms with Crippen LogP contribution in [0, 0.1) is 5.41 Å². The Kier molecular flexibility index (Phi) is 12.2. The number of carbonyl (C=O) groups excluding carboxylic acids is 1. The van der Waals surface area contributed by atoms with E-state index >= 15 is 0 Å². The minimum atomic E-state index is -3.84. The van der Waals surface area contributed by atoms with Gasteiger partial charge in [-0.15, -0.1) is 11.8 Å². The monoisotopic (exact) mass is 630 g/mol. The van der Waals surface area contributed by atoms with Gasteiger partial charge in [-0.3, -0.25) is 4.79 Å². The minimum absolute atomic E-state index is 0.00492. The summed E-state index contributed by atoms with van der Waals surface area (Å²) in [4.78, 5) is 26.7. The van der Waals surface area contributed by atoms with E-state index < -0.39 is 26.5 Å². The second-order valence-corrected chi connectivity index (χ2v) is 14.4. The number of carboxylic acids is 1. The van der Waals surface area contributed by atoms with Gasteiger partial charge in [-0.25, -0.2) is 13.2 Å². The molecule has 10 heteroatoms. The molecule has 0 saturated heterocycles. The maximum absolute atomic E-state index is 14.7. The van der Waals surface area contributed by atoms with Crippen molar-refractivity contribution in [1.29, 1.82) is 0 Å². The number of carbonyl (C=O) groups is 2. The Labute approximate surface area is 261 Å². The smallest absolute Gasteiger partial charge is 0.331 e. The highest BCUT2D eigenvalue weighted by Gasteiger charge is 2.50. The van der Waals surface area contributed by atoms with E-state index in [1.165, 1.54) is 11.8 Å². The van der Waals surface area contributed by atoms with E-state index in [-0.39, 0.29) is 22.6 Å². The van der Waals surface area contributed by atoms with E-state index in [0.29, 0.717) is 29.1 Å². The molecule has 0 fully saturated rings. The molecule has 0 aromatic heterocycles. The van der Waals surface area contributed by atoms with Crippen molar-refractivity contribution in [3.8, 4) is 5.75 Å². The minimum Gasteiger partial charge on any atom is -0.478 e. The molecule has 2 N–H and O–H groups in total. The highest BCUT2D eigenvalue weighted by atomic mass is 32.2. The summed E-state index contributed by atoms with van der Waals surface area (Å²) in [6.45, 7) is 10.6. The fourth-order valence-corrected chi connectivity index (χ4v) is 9.04. The van der Waals surface area contributed by atoms with Gasteiger partial charge in [0.15, 0.2) is 9.84 Å². The molecule has 3 rings (SSSR count). The molecule has 1 amide bonds. The second-order valence-electron chi connectivity index (χ2n) is 11.5. The predicted octanol–water partition coefficient (Wildman–Crippen LogP) is 7.59. The Morgan fingerprint density at radius 1 is 1.12 bits per heavy atom. The van der Waals surface area contributed by atoms with Crippen LogP contribution in [0.4, 0.5) is 11.4 Å². The molecule has 0 spiro atoms. The quantitative estimate of drug-likeness (QED) is 0.125. The average Bonchev–Trinajstić information content (AvgIpc) is 3.04. The second kappa shape index (κ2) is 15.1. The van der Waals surface area contributed by atoms with Gasteiger partial charge in [-0.1, -0.05) is 46.5 Å². The van der Waals surface area contributed by atoms with Gasteiger partial charge in [0.2, 0.25) is 0 Å². The fourth-order valence-electron chi connectivity index (χ4n) is 6.05. The lowest BCUT2D eigenvalue weighted by Crippen LogP contribution is -2.45. The van der Waals surface area contributed by atoms with Gasteiger partial charge in [0.05, 0.1) is 33.1 Å².